The lowest BCUT2D eigenvalue weighted by atomic mass is 10.0. The van der Waals surface area contributed by atoms with E-state index in [-0.39, 0.29) is 23.3 Å². The fourth-order valence-electron chi connectivity index (χ4n) is 4.22. The molecule has 0 N–H and O–H groups in total. The number of pyridine rings is 1. The molecule has 1 atom stereocenters. The van der Waals surface area contributed by atoms with Crippen LogP contribution in [0.1, 0.15) is 37.0 Å². The van der Waals surface area contributed by atoms with E-state index in [0.29, 0.717) is 0 Å². The van der Waals surface area contributed by atoms with Crippen molar-refractivity contribution in [2.24, 2.45) is 7.05 Å². The summed E-state index contributed by atoms with van der Waals surface area (Å²) in [6.45, 7) is 3.61. The van der Waals surface area contributed by atoms with Gasteiger partial charge in [-0.25, -0.2) is 0 Å². The van der Waals surface area contributed by atoms with Gasteiger partial charge in [0.1, 0.15) is 11.6 Å². The summed E-state index contributed by atoms with van der Waals surface area (Å²) >= 11 is 0. The summed E-state index contributed by atoms with van der Waals surface area (Å²) in [6, 6.07) is 20.2. The highest BCUT2D eigenvalue weighted by molar-refractivity contribution is 5.94. The van der Waals surface area contributed by atoms with Crippen molar-refractivity contribution in [3.8, 4) is 6.07 Å². The number of nitrogens with zero attached hydrogens (tertiary/aromatic N) is 3. The molecule has 0 radical (unpaired) electrons. The molecule has 4 rings (SSSR count). The molecular formula is C24H25N3O2. The van der Waals surface area contributed by atoms with E-state index in [4.69, 9.17) is 4.74 Å². The minimum absolute atomic E-state index is 0.0484. The topological polar surface area (TPSA) is 58.3 Å². The number of piperidine rings is 1. The number of anilines is 1. The highest BCUT2D eigenvalue weighted by Crippen LogP contribution is 2.32. The van der Waals surface area contributed by atoms with Crippen LogP contribution in [-0.4, -0.2) is 23.8 Å². The summed E-state index contributed by atoms with van der Waals surface area (Å²) in [5, 5.41) is 10.6. The number of nitriles is 1. The molecule has 0 spiro atoms. The van der Waals surface area contributed by atoms with Gasteiger partial charge in [-0.05, 0) is 31.4 Å². The standard InChI is InChI=1S/C24H25N3O2/c1-17(18-8-4-3-5-9-18)29-19-12-14-27(15-13-19)23-20-10-6-7-11-22(20)26(2)24(28)21(23)16-25/h3-11,17,19H,12-15H2,1-2H3/t17-/m1/s1. The van der Waals surface area contributed by atoms with Gasteiger partial charge in [-0.1, -0.05) is 48.5 Å². The van der Waals surface area contributed by atoms with Gasteiger partial charge >= 0.3 is 0 Å². The largest absolute Gasteiger partial charge is 0.370 e. The van der Waals surface area contributed by atoms with Crippen LogP contribution in [-0.2, 0) is 11.8 Å². The molecule has 5 nitrogen and oxygen atoms in total. The van der Waals surface area contributed by atoms with Gasteiger partial charge in [0, 0.05) is 25.5 Å². The first-order valence-electron chi connectivity index (χ1n) is 10.1. The molecule has 2 aromatic carbocycles. The third-order valence-electron chi connectivity index (χ3n) is 5.81. The van der Waals surface area contributed by atoms with E-state index in [1.165, 1.54) is 5.56 Å². The van der Waals surface area contributed by atoms with Crippen molar-refractivity contribution in [1.29, 1.82) is 5.26 Å². The summed E-state index contributed by atoms with van der Waals surface area (Å²) in [4.78, 5) is 14.9. The number of fused-ring (bicyclic) bond motifs is 1. The van der Waals surface area contributed by atoms with Gasteiger partial charge in [-0.2, -0.15) is 5.26 Å². The minimum atomic E-state index is -0.239. The van der Waals surface area contributed by atoms with Crippen molar-refractivity contribution < 1.29 is 4.74 Å². The van der Waals surface area contributed by atoms with Crippen molar-refractivity contribution in [3.63, 3.8) is 0 Å². The summed E-state index contributed by atoms with van der Waals surface area (Å²) in [7, 11) is 1.72. The van der Waals surface area contributed by atoms with Crippen molar-refractivity contribution in [3.05, 3.63) is 76.1 Å². The van der Waals surface area contributed by atoms with Gasteiger partial charge in [0.05, 0.1) is 23.4 Å². The molecule has 29 heavy (non-hydrogen) atoms. The zero-order valence-electron chi connectivity index (χ0n) is 16.8. The average molecular weight is 387 g/mol. The van der Waals surface area contributed by atoms with Crippen LogP contribution < -0.4 is 10.5 Å². The molecule has 1 aromatic heterocycles. The minimum Gasteiger partial charge on any atom is -0.370 e. The first kappa shape index (κ1) is 19.2. The number of benzene rings is 2. The van der Waals surface area contributed by atoms with Crippen molar-refractivity contribution >= 4 is 16.6 Å². The lowest BCUT2D eigenvalue weighted by molar-refractivity contribution is -0.0156. The third-order valence-corrected chi connectivity index (χ3v) is 5.81. The van der Waals surface area contributed by atoms with Crippen LogP contribution in [0.4, 0.5) is 5.69 Å². The number of ether oxygens (including phenoxy) is 1. The molecule has 5 heteroatoms. The molecule has 1 saturated heterocycles. The lowest BCUT2D eigenvalue weighted by Gasteiger charge is -2.35. The van der Waals surface area contributed by atoms with Gasteiger partial charge in [-0.3, -0.25) is 4.79 Å². The molecule has 0 amide bonds. The normalized spacial score (nSPS) is 16.0. The third kappa shape index (κ3) is 3.64. The molecule has 2 heterocycles. The van der Waals surface area contributed by atoms with E-state index >= 15 is 0 Å². The van der Waals surface area contributed by atoms with Crippen LogP contribution in [0, 0.1) is 11.3 Å². The van der Waals surface area contributed by atoms with Crippen LogP contribution in [0.25, 0.3) is 10.9 Å². The van der Waals surface area contributed by atoms with Crippen LogP contribution in [0.3, 0.4) is 0 Å². The zero-order chi connectivity index (χ0) is 20.4. The molecule has 1 fully saturated rings. The van der Waals surface area contributed by atoms with Crippen LogP contribution in [0.15, 0.2) is 59.4 Å². The smallest absolute Gasteiger partial charge is 0.270 e. The van der Waals surface area contributed by atoms with Crippen LogP contribution in [0.2, 0.25) is 0 Å². The Hall–Kier alpha value is -3.10. The Bertz CT molecular complexity index is 1110. The Morgan fingerprint density at radius 1 is 1.07 bits per heavy atom. The molecule has 0 unspecified atom stereocenters. The predicted octanol–water partition coefficient (Wildman–Crippen LogP) is 4.16. The predicted molar refractivity (Wildman–Crippen MR) is 115 cm³/mol. The fraction of sp³-hybridized carbons (Fsp3) is 0.333. The Morgan fingerprint density at radius 2 is 1.72 bits per heavy atom. The van der Waals surface area contributed by atoms with Gasteiger partial charge in [0.15, 0.2) is 0 Å². The van der Waals surface area contributed by atoms with Gasteiger partial charge in [0.25, 0.3) is 5.56 Å². The lowest BCUT2D eigenvalue weighted by Crippen LogP contribution is -2.39. The summed E-state index contributed by atoms with van der Waals surface area (Å²) in [6.07, 6.45) is 1.95. The highest BCUT2D eigenvalue weighted by Gasteiger charge is 2.26. The summed E-state index contributed by atoms with van der Waals surface area (Å²) < 4.78 is 7.86. The number of hydrogen-bond donors (Lipinski definition) is 0. The number of aryl methyl sites for hydroxylation is 1. The number of para-hydroxylation sites is 1. The summed E-state index contributed by atoms with van der Waals surface area (Å²) in [5.74, 6) is 0. The number of aromatic nitrogens is 1. The van der Waals surface area contributed by atoms with Gasteiger partial charge in [0.2, 0.25) is 0 Å². The van der Waals surface area contributed by atoms with Crippen molar-refractivity contribution in [2.45, 2.75) is 32.0 Å². The maximum atomic E-state index is 12.7. The van der Waals surface area contributed by atoms with Gasteiger partial charge in [-0.15, -0.1) is 0 Å². The quantitative estimate of drug-likeness (QED) is 0.675. The molecule has 0 aliphatic carbocycles. The van der Waals surface area contributed by atoms with E-state index < -0.39 is 0 Å². The molecule has 1 aliphatic heterocycles. The zero-order valence-corrected chi connectivity index (χ0v) is 16.8. The number of hydrogen-bond acceptors (Lipinski definition) is 4. The van der Waals surface area contributed by atoms with E-state index in [1.807, 2.05) is 42.5 Å². The van der Waals surface area contributed by atoms with Crippen molar-refractivity contribution in [1.82, 2.24) is 4.57 Å². The maximum Gasteiger partial charge on any atom is 0.270 e. The average Bonchev–Trinajstić information content (AvgIpc) is 2.77. The Balaban J connectivity index is 1.56. The second-order valence-corrected chi connectivity index (χ2v) is 7.59. The van der Waals surface area contributed by atoms with Crippen molar-refractivity contribution in [2.75, 3.05) is 18.0 Å². The Labute approximate surface area is 170 Å². The number of rotatable bonds is 4. The molecular weight excluding hydrogens is 362 g/mol. The maximum absolute atomic E-state index is 12.7. The molecule has 3 aromatic rings. The monoisotopic (exact) mass is 387 g/mol. The molecule has 148 valence electrons. The van der Waals surface area contributed by atoms with E-state index in [1.54, 1.807) is 11.6 Å². The van der Waals surface area contributed by atoms with E-state index in [0.717, 1.165) is 42.5 Å². The van der Waals surface area contributed by atoms with Gasteiger partial charge < -0.3 is 14.2 Å². The fourth-order valence-corrected chi connectivity index (χ4v) is 4.22. The molecule has 0 bridgehead atoms. The first-order chi connectivity index (χ1) is 14.1. The summed E-state index contributed by atoms with van der Waals surface area (Å²) in [5.41, 5.74) is 2.78. The van der Waals surface area contributed by atoms with Crippen LogP contribution in [0.5, 0.6) is 0 Å². The second-order valence-electron chi connectivity index (χ2n) is 7.59. The molecule has 1 aliphatic rings. The second kappa shape index (κ2) is 8.10. The SMILES string of the molecule is C[C@@H](OC1CCN(c2c(C#N)c(=O)n(C)c3ccccc23)CC1)c1ccccc1. The van der Waals surface area contributed by atoms with Crippen LogP contribution >= 0.6 is 0 Å². The first-order valence-corrected chi connectivity index (χ1v) is 10.1. The van der Waals surface area contributed by atoms with E-state index in [9.17, 15) is 10.1 Å². The van der Waals surface area contributed by atoms with E-state index in [2.05, 4.69) is 30.0 Å². The highest BCUT2D eigenvalue weighted by atomic mass is 16.5. The Morgan fingerprint density at radius 3 is 2.41 bits per heavy atom. The Kier molecular flexibility index (Phi) is 5.37. The molecule has 0 saturated carbocycles.